The molecule has 2 nitrogen and oxygen atoms in total. The van der Waals surface area contributed by atoms with Gasteiger partial charge in [0.05, 0.1) is 6.10 Å². The van der Waals surface area contributed by atoms with Crippen LogP contribution in [0.1, 0.15) is 5.56 Å². The summed E-state index contributed by atoms with van der Waals surface area (Å²) in [6.07, 6.45) is 0.0280. The molecule has 66 valence electrons. The third-order valence-electron chi connectivity index (χ3n) is 1.59. The van der Waals surface area contributed by atoms with Gasteiger partial charge < -0.3 is 10.2 Å². The van der Waals surface area contributed by atoms with Crippen LogP contribution in [-0.4, -0.2) is 22.2 Å². The molecule has 1 aromatic carbocycles. The number of aliphatic hydroxyl groups excluding tert-OH is 1. The van der Waals surface area contributed by atoms with Crippen LogP contribution < -0.4 is 0 Å². The number of phenols is 1. The van der Waals surface area contributed by atoms with E-state index in [1.165, 1.54) is 0 Å². The first kappa shape index (κ1) is 9.36. The summed E-state index contributed by atoms with van der Waals surface area (Å²) in [5, 5.41) is 18.1. The monoisotopic (exact) mass is 186 g/mol. The lowest BCUT2D eigenvalue weighted by Crippen LogP contribution is -2.11. The van der Waals surface area contributed by atoms with Gasteiger partial charge in [-0.1, -0.05) is 12.1 Å². The van der Waals surface area contributed by atoms with Gasteiger partial charge >= 0.3 is 0 Å². The number of phenolic OH excluding ortho intramolecular Hbond substituents is 1. The molecule has 3 heteroatoms. The molecule has 0 aromatic heterocycles. The summed E-state index contributed by atoms with van der Waals surface area (Å²) in [4.78, 5) is 0. The fourth-order valence-electron chi connectivity index (χ4n) is 0.959. The van der Waals surface area contributed by atoms with E-state index in [0.29, 0.717) is 6.42 Å². The standard InChI is InChI=1S/C9H11ClO2/c10-6-9(12)5-7-1-3-8(11)4-2-7/h1-4,9,11-12H,5-6H2. The summed E-state index contributed by atoms with van der Waals surface area (Å²) in [6, 6.07) is 6.72. The average molecular weight is 187 g/mol. The lowest BCUT2D eigenvalue weighted by atomic mass is 10.1. The van der Waals surface area contributed by atoms with Crippen molar-refractivity contribution in [3.05, 3.63) is 29.8 Å². The molecule has 0 fully saturated rings. The molecular formula is C9H11ClO2. The minimum Gasteiger partial charge on any atom is -0.508 e. The van der Waals surface area contributed by atoms with Crippen LogP contribution in [0.5, 0.6) is 5.75 Å². The lowest BCUT2D eigenvalue weighted by molar-refractivity contribution is 0.198. The molecule has 0 aliphatic rings. The van der Waals surface area contributed by atoms with Crippen LogP contribution in [0.25, 0.3) is 0 Å². The molecule has 12 heavy (non-hydrogen) atoms. The van der Waals surface area contributed by atoms with Gasteiger partial charge in [0.2, 0.25) is 0 Å². The van der Waals surface area contributed by atoms with E-state index in [2.05, 4.69) is 0 Å². The fraction of sp³-hybridized carbons (Fsp3) is 0.333. The Morgan fingerprint density at radius 3 is 2.33 bits per heavy atom. The van der Waals surface area contributed by atoms with E-state index >= 15 is 0 Å². The molecule has 1 aromatic rings. The first-order valence-electron chi connectivity index (χ1n) is 3.74. The zero-order chi connectivity index (χ0) is 8.97. The Hall–Kier alpha value is -0.730. The second-order valence-electron chi connectivity index (χ2n) is 2.68. The van der Waals surface area contributed by atoms with Gasteiger partial charge in [-0.15, -0.1) is 11.6 Å². The van der Waals surface area contributed by atoms with E-state index in [0.717, 1.165) is 5.56 Å². The first-order valence-corrected chi connectivity index (χ1v) is 4.28. The molecular weight excluding hydrogens is 176 g/mol. The zero-order valence-corrected chi connectivity index (χ0v) is 7.33. The zero-order valence-electron chi connectivity index (χ0n) is 6.57. The van der Waals surface area contributed by atoms with E-state index in [1.54, 1.807) is 24.3 Å². The Labute approximate surface area is 76.4 Å². The Morgan fingerprint density at radius 2 is 1.83 bits per heavy atom. The highest BCUT2D eigenvalue weighted by Gasteiger charge is 2.02. The fourth-order valence-corrected chi connectivity index (χ4v) is 1.07. The van der Waals surface area contributed by atoms with Gasteiger partial charge in [0.1, 0.15) is 5.75 Å². The second-order valence-corrected chi connectivity index (χ2v) is 2.99. The summed E-state index contributed by atoms with van der Waals surface area (Å²) >= 11 is 5.43. The van der Waals surface area contributed by atoms with Gasteiger partial charge in [0, 0.05) is 5.88 Å². The number of halogens is 1. The molecule has 0 aliphatic carbocycles. The van der Waals surface area contributed by atoms with Crippen LogP contribution in [0.2, 0.25) is 0 Å². The van der Waals surface area contributed by atoms with Gasteiger partial charge in [0.15, 0.2) is 0 Å². The topological polar surface area (TPSA) is 40.5 Å². The SMILES string of the molecule is Oc1ccc(CC(O)CCl)cc1. The number of aliphatic hydroxyl groups is 1. The van der Waals surface area contributed by atoms with Crippen molar-refractivity contribution in [3.63, 3.8) is 0 Å². The van der Waals surface area contributed by atoms with E-state index in [-0.39, 0.29) is 11.6 Å². The van der Waals surface area contributed by atoms with Crippen molar-refractivity contribution < 1.29 is 10.2 Å². The lowest BCUT2D eigenvalue weighted by Gasteiger charge is -2.05. The minimum absolute atomic E-state index is 0.235. The average Bonchev–Trinajstić information content (AvgIpc) is 2.09. The molecule has 0 amide bonds. The van der Waals surface area contributed by atoms with Crippen LogP contribution in [-0.2, 0) is 6.42 Å². The Kier molecular flexibility index (Phi) is 3.38. The van der Waals surface area contributed by atoms with E-state index < -0.39 is 6.10 Å². The number of hydrogen-bond donors (Lipinski definition) is 2. The smallest absolute Gasteiger partial charge is 0.115 e. The molecule has 0 aliphatic heterocycles. The van der Waals surface area contributed by atoms with Crippen molar-refractivity contribution in [2.75, 3.05) is 5.88 Å². The quantitative estimate of drug-likeness (QED) is 0.703. The maximum Gasteiger partial charge on any atom is 0.115 e. The van der Waals surface area contributed by atoms with Crippen LogP contribution in [0, 0.1) is 0 Å². The van der Waals surface area contributed by atoms with Gasteiger partial charge in [0.25, 0.3) is 0 Å². The van der Waals surface area contributed by atoms with Gasteiger partial charge in [-0.2, -0.15) is 0 Å². The van der Waals surface area contributed by atoms with Crippen LogP contribution in [0.3, 0.4) is 0 Å². The highest BCUT2D eigenvalue weighted by molar-refractivity contribution is 6.18. The first-order chi connectivity index (χ1) is 5.72. The normalized spacial score (nSPS) is 12.8. The third kappa shape index (κ3) is 2.72. The summed E-state index contributed by atoms with van der Waals surface area (Å²) in [7, 11) is 0. The van der Waals surface area contributed by atoms with Gasteiger partial charge in [-0.05, 0) is 24.1 Å². The number of rotatable bonds is 3. The number of alkyl halides is 1. The molecule has 0 bridgehead atoms. The molecule has 0 saturated carbocycles. The van der Waals surface area contributed by atoms with Crippen molar-refractivity contribution in [3.8, 4) is 5.75 Å². The molecule has 0 radical (unpaired) electrons. The molecule has 2 N–H and O–H groups in total. The predicted molar refractivity (Wildman–Crippen MR) is 48.5 cm³/mol. The summed E-state index contributed by atoms with van der Waals surface area (Å²) < 4.78 is 0. The summed E-state index contributed by atoms with van der Waals surface area (Å²) in [5.41, 5.74) is 0.973. The van der Waals surface area contributed by atoms with Gasteiger partial charge in [-0.25, -0.2) is 0 Å². The maximum atomic E-state index is 9.19. The predicted octanol–water partition coefficient (Wildman–Crippen LogP) is 1.53. The summed E-state index contributed by atoms with van der Waals surface area (Å²) in [6.45, 7) is 0. The Balaban J connectivity index is 2.58. The third-order valence-corrected chi connectivity index (χ3v) is 1.94. The molecule has 1 unspecified atom stereocenters. The van der Waals surface area contributed by atoms with Crippen molar-refractivity contribution in [2.24, 2.45) is 0 Å². The molecule has 0 spiro atoms. The van der Waals surface area contributed by atoms with Crippen LogP contribution in [0.15, 0.2) is 24.3 Å². The second kappa shape index (κ2) is 4.33. The van der Waals surface area contributed by atoms with Crippen molar-refractivity contribution in [2.45, 2.75) is 12.5 Å². The van der Waals surface area contributed by atoms with E-state index in [4.69, 9.17) is 16.7 Å². The van der Waals surface area contributed by atoms with Crippen molar-refractivity contribution in [1.82, 2.24) is 0 Å². The minimum atomic E-state index is -0.504. The van der Waals surface area contributed by atoms with Crippen molar-refractivity contribution >= 4 is 11.6 Å². The highest BCUT2D eigenvalue weighted by atomic mass is 35.5. The maximum absolute atomic E-state index is 9.19. The van der Waals surface area contributed by atoms with E-state index in [9.17, 15) is 5.11 Å². The number of aromatic hydroxyl groups is 1. The molecule has 1 atom stereocenters. The van der Waals surface area contributed by atoms with E-state index in [1.807, 2.05) is 0 Å². The largest absolute Gasteiger partial charge is 0.508 e. The van der Waals surface area contributed by atoms with Crippen LogP contribution >= 0.6 is 11.6 Å². The molecule has 0 heterocycles. The highest BCUT2D eigenvalue weighted by Crippen LogP contribution is 2.11. The summed E-state index contributed by atoms with van der Waals surface area (Å²) in [5.74, 6) is 0.472. The van der Waals surface area contributed by atoms with Gasteiger partial charge in [-0.3, -0.25) is 0 Å². The number of hydrogen-bond acceptors (Lipinski definition) is 2. The Bertz CT molecular complexity index is 233. The molecule has 0 saturated heterocycles. The van der Waals surface area contributed by atoms with Crippen LogP contribution in [0.4, 0.5) is 0 Å². The number of benzene rings is 1. The Morgan fingerprint density at radius 1 is 1.25 bits per heavy atom. The van der Waals surface area contributed by atoms with Crippen molar-refractivity contribution in [1.29, 1.82) is 0 Å². The molecule has 1 rings (SSSR count).